The summed E-state index contributed by atoms with van der Waals surface area (Å²) in [6.07, 6.45) is 12.7. The Hall–Kier alpha value is -2.77. The number of fused-ring (bicyclic) bond motifs is 4. The molecule has 1 spiro atoms. The fourth-order valence-corrected chi connectivity index (χ4v) is 5.81. The first-order valence-electron chi connectivity index (χ1n) is 9.61. The van der Waals surface area contributed by atoms with Gasteiger partial charge in [0.25, 0.3) is 0 Å². The molecule has 2 aromatic carbocycles. The van der Waals surface area contributed by atoms with Crippen LogP contribution in [0.1, 0.15) is 25.0 Å². The lowest BCUT2D eigenvalue weighted by Crippen LogP contribution is -2.33. The highest BCUT2D eigenvalue weighted by molar-refractivity contribution is 7.99. The van der Waals surface area contributed by atoms with Gasteiger partial charge in [0.2, 0.25) is 0 Å². The molecule has 0 atom stereocenters. The molecule has 2 aromatic rings. The number of benzene rings is 2. The van der Waals surface area contributed by atoms with E-state index in [1.807, 2.05) is 23.9 Å². The zero-order valence-corrected chi connectivity index (χ0v) is 17.2. The van der Waals surface area contributed by atoms with E-state index in [9.17, 15) is 0 Å². The van der Waals surface area contributed by atoms with Gasteiger partial charge in [0.15, 0.2) is 0 Å². The molecule has 0 saturated carbocycles. The molecule has 0 N–H and O–H groups in total. The van der Waals surface area contributed by atoms with Crippen LogP contribution < -0.4 is 0 Å². The molecule has 1 heteroatoms. The highest BCUT2D eigenvalue weighted by atomic mass is 32.2. The fraction of sp³-hybridized carbons (Fsp3) is 0.111. The average molecular weight is 381 g/mol. The van der Waals surface area contributed by atoms with E-state index in [0.29, 0.717) is 0 Å². The van der Waals surface area contributed by atoms with Gasteiger partial charge in [-0.05, 0) is 59.4 Å². The Morgan fingerprint density at radius 1 is 0.714 bits per heavy atom. The molecule has 4 rings (SSSR count). The molecule has 0 nitrogen and oxygen atoms in total. The van der Waals surface area contributed by atoms with Gasteiger partial charge >= 0.3 is 0 Å². The Kier molecular flexibility index (Phi) is 4.87. The van der Waals surface area contributed by atoms with Crippen molar-refractivity contribution in [2.45, 2.75) is 29.1 Å². The normalized spacial score (nSPS) is 17.5. The van der Waals surface area contributed by atoms with Crippen molar-refractivity contribution in [3.05, 3.63) is 132 Å². The van der Waals surface area contributed by atoms with Crippen LogP contribution in [-0.4, -0.2) is 0 Å². The molecule has 0 bridgehead atoms. The molecule has 2 aliphatic rings. The third kappa shape index (κ3) is 2.40. The minimum absolute atomic E-state index is 0.357. The smallest absolute Gasteiger partial charge is 0.0735 e. The Morgan fingerprint density at radius 3 is 1.54 bits per heavy atom. The molecule has 0 saturated heterocycles. The third-order valence-corrected chi connectivity index (χ3v) is 6.71. The summed E-state index contributed by atoms with van der Waals surface area (Å²) in [5, 5.41) is 0. The summed E-state index contributed by atoms with van der Waals surface area (Å²) in [6, 6.07) is 17.6. The Balaban J connectivity index is 2.26. The van der Waals surface area contributed by atoms with Crippen molar-refractivity contribution < 1.29 is 0 Å². The Labute approximate surface area is 172 Å². The molecule has 1 aliphatic carbocycles. The quantitative estimate of drug-likeness (QED) is 0.527. The summed E-state index contributed by atoms with van der Waals surface area (Å²) in [5.41, 5.74) is 7.17. The maximum Gasteiger partial charge on any atom is 0.0735 e. The summed E-state index contributed by atoms with van der Waals surface area (Å²) >= 11 is 1.86. The van der Waals surface area contributed by atoms with Crippen molar-refractivity contribution in [1.29, 1.82) is 0 Å². The maximum absolute atomic E-state index is 4.15. The predicted octanol–water partition coefficient (Wildman–Crippen LogP) is 7.57. The Bertz CT molecular complexity index is 1000. The highest BCUT2D eigenvalue weighted by Gasteiger charge is 2.50. The van der Waals surface area contributed by atoms with E-state index in [1.54, 1.807) is 0 Å². The molecule has 0 fully saturated rings. The number of hydrogen-bond acceptors (Lipinski definition) is 1. The second-order valence-electron chi connectivity index (χ2n) is 6.91. The number of rotatable bonds is 4. The molecular formula is C27H24S. The summed E-state index contributed by atoms with van der Waals surface area (Å²) in [5.74, 6) is 0. The maximum atomic E-state index is 4.15. The van der Waals surface area contributed by atoms with Crippen molar-refractivity contribution in [1.82, 2.24) is 0 Å². The summed E-state index contributed by atoms with van der Waals surface area (Å²) in [6.45, 7) is 12.5. The van der Waals surface area contributed by atoms with Gasteiger partial charge in [-0.15, -0.1) is 0 Å². The van der Waals surface area contributed by atoms with Crippen molar-refractivity contribution in [2.24, 2.45) is 0 Å². The second-order valence-corrected chi connectivity index (χ2v) is 7.99. The van der Waals surface area contributed by atoms with Gasteiger partial charge in [0.1, 0.15) is 0 Å². The van der Waals surface area contributed by atoms with E-state index in [-0.39, 0.29) is 5.41 Å². The van der Waals surface area contributed by atoms with Crippen LogP contribution in [0, 0.1) is 0 Å². The van der Waals surface area contributed by atoms with Crippen molar-refractivity contribution in [3.63, 3.8) is 0 Å². The van der Waals surface area contributed by atoms with Gasteiger partial charge in [-0.2, -0.15) is 0 Å². The van der Waals surface area contributed by atoms with Gasteiger partial charge in [-0.3, -0.25) is 0 Å². The summed E-state index contributed by atoms with van der Waals surface area (Å²) in [4.78, 5) is 2.61. The number of hydrogen-bond donors (Lipinski definition) is 0. The standard InChI is InChI=1S/C27H24S/c1-5-13-21-19(7-3)20(8-4)22(14-6-2)27(21)23-15-9-11-17-25(23)28-26-18-12-10-16-24(26)27/h5-18H,3-4H2,1-2H3/b13-5-,14-6-. The first kappa shape index (κ1) is 18.6. The van der Waals surface area contributed by atoms with Gasteiger partial charge in [-0.25, -0.2) is 0 Å². The van der Waals surface area contributed by atoms with Crippen LogP contribution in [0.3, 0.4) is 0 Å². The molecule has 1 aliphatic heterocycles. The van der Waals surface area contributed by atoms with Gasteiger partial charge in [0.05, 0.1) is 5.41 Å². The lowest BCUT2D eigenvalue weighted by Gasteiger charge is -2.41. The van der Waals surface area contributed by atoms with Crippen LogP contribution in [0.2, 0.25) is 0 Å². The molecule has 138 valence electrons. The van der Waals surface area contributed by atoms with Crippen molar-refractivity contribution in [2.75, 3.05) is 0 Å². The molecule has 0 amide bonds. The van der Waals surface area contributed by atoms with Gasteiger partial charge in [0, 0.05) is 9.79 Å². The van der Waals surface area contributed by atoms with Crippen LogP contribution in [0.15, 0.2) is 130 Å². The highest BCUT2D eigenvalue weighted by Crippen LogP contribution is 2.61. The predicted molar refractivity (Wildman–Crippen MR) is 122 cm³/mol. The molecule has 0 radical (unpaired) electrons. The first-order valence-corrected chi connectivity index (χ1v) is 10.4. The summed E-state index contributed by atoms with van der Waals surface area (Å²) in [7, 11) is 0. The topological polar surface area (TPSA) is 0 Å². The van der Waals surface area contributed by atoms with Crippen LogP contribution in [0.25, 0.3) is 0 Å². The zero-order chi connectivity index (χ0) is 19.7. The van der Waals surface area contributed by atoms with E-state index < -0.39 is 0 Å². The van der Waals surface area contributed by atoms with Crippen LogP contribution in [-0.2, 0) is 5.41 Å². The van der Waals surface area contributed by atoms with Crippen molar-refractivity contribution >= 4 is 11.8 Å². The molecule has 28 heavy (non-hydrogen) atoms. The molecular weight excluding hydrogens is 356 g/mol. The van der Waals surface area contributed by atoms with Crippen molar-refractivity contribution in [3.8, 4) is 0 Å². The molecule has 1 heterocycles. The minimum atomic E-state index is -0.357. The monoisotopic (exact) mass is 380 g/mol. The minimum Gasteiger partial charge on any atom is -0.0984 e. The van der Waals surface area contributed by atoms with Gasteiger partial charge < -0.3 is 0 Å². The lowest BCUT2D eigenvalue weighted by atomic mass is 9.65. The lowest BCUT2D eigenvalue weighted by molar-refractivity contribution is 0.710. The molecule has 0 aromatic heterocycles. The zero-order valence-electron chi connectivity index (χ0n) is 16.4. The van der Waals surface area contributed by atoms with E-state index in [0.717, 1.165) is 11.1 Å². The third-order valence-electron chi connectivity index (χ3n) is 5.56. The largest absolute Gasteiger partial charge is 0.0984 e. The number of allylic oxidation sites excluding steroid dienone is 10. The van der Waals surface area contributed by atoms with E-state index in [4.69, 9.17) is 0 Å². The Morgan fingerprint density at radius 2 is 1.14 bits per heavy atom. The van der Waals surface area contributed by atoms with E-state index in [1.165, 1.54) is 32.1 Å². The summed E-state index contributed by atoms with van der Waals surface area (Å²) < 4.78 is 0. The SMILES string of the molecule is C=CC1=C(/C=C\C)C2(C(/C=C\C)=C1C=C)c1ccccc1Sc1ccccc12. The van der Waals surface area contributed by atoms with Gasteiger partial charge in [-0.1, -0.05) is 97.8 Å². The van der Waals surface area contributed by atoms with E-state index >= 15 is 0 Å². The second kappa shape index (κ2) is 7.33. The molecule has 0 unspecified atom stereocenters. The fourth-order valence-electron chi connectivity index (χ4n) is 4.62. The first-order chi connectivity index (χ1) is 13.7. The van der Waals surface area contributed by atoms with Crippen LogP contribution in [0.5, 0.6) is 0 Å². The van der Waals surface area contributed by atoms with Crippen LogP contribution in [0.4, 0.5) is 0 Å². The van der Waals surface area contributed by atoms with Crippen LogP contribution >= 0.6 is 11.8 Å². The van der Waals surface area contributed by atoms with E-state index in [2.05, 4.69) is 99.8 Å². The average Bonchev–Trinajstić information content (AvgIpc) is 2.98.